The van der Waals surface area contributed by atoms with E-state index in [1.807, 2.05) is 42.5 Å². The summed E-state index contributed by atoms with van der Waals surface area (Å²) >= 11 is 3.42. The molecule has 4 heteroatoms. The molecule has 3 nitrogen and oxygen atoms in total. The van der Waals surface area contributed by atoms with Crippen molar-refractivity contribution in [2.45, 2.75) is 0 Å². The highest BCUT2D eigenvalue weighted by molar-refractivity contribution is 9.10. The van der Waals surface area contributed by atoms with Gasteiger partial charge in [-0.15, -0.1) is 0 Å². The van der Waals surface area contributed by atoms with Gasteiger partial charge in [-0.1, -0.05) is 24.3 Å². The molecule has 0 spiro atoms. The Morgan fingerprint density at radius 1 is 1.05 bits per heavy atom. The maximum absolute atomic E-state index is 9.13. The van der Waals surface area contributed by atoms with Gasteiger partial charge in [-0.3, -0.25) is 4.98 Å². The molecule has 0 bridgehead atoms. The molecule has 0 aliphatic carbocycles. The molecule has 0 aliphatic rings. The minimum Gasteiger partial charge on any atom is -0.353 e. The summed E-state index contributed by atoms with van der Waals surface area (Å²) in [6.07, 6.45) is 1.77. The Kier molecular flexibility index (Phi) is 3.36. The van der Waals surface area contributed by atoms with E-state index in [0.717, 1.165) is 26.8 Å². The number of hydrogen-bond donors (Lipinski definition) is 1. The van der Waals surface area contributed by atoms with Gasteiger partial charge in [-0.05, 0) is 40.2 Å². The van der Waals surface area contributed by atoms with E-state index in [0.29, 0.717) is 5.56 Å². The van der Waals surface area contributed by atoms with Crippen molar-refractivity contribution in [3.05, 3.63) is 64.8 Å². The van der Waals surface area contributed by atoms with Crippen LogP contribution in [0.1, 0.15) is 5.56 Å². The highest BCUT2D eigenvalue weighted by Crippen LogP contribution is 2.27. The number of pyridine rings is 1. The number of fused-ring (bicyclic) bond motifs is 1. The predicted octanol–water partition coefficient (Wildman–Crippen LogP) is 4.61. The molecular formula is C16H10BrN3. The standard InChI is InChI=1S/C16H10BrN3/c17-13-8-11-5-3-7-15(16(11)19-10-13)20-14-6-2-1-4-12(14)9-18/h1-8,10,20H. The molecule has 2 aromatic carbocycles. The van der Waals surface area contributed by atoms with E-state index in [1.54, 1.807) is 12.3 Å². The van der Waals surface area contributed by atoms with Gasteiger partial charge in [0.05, 0.1) is 22.5 Å². The second-order valence-electron chi connectivity index (χ2n) is 4.31. The average molecular weight is 324 g/mol. The summed E-state index contributed by atoms with van der Waals surface area (Å²) in [4.78, 5) is 4.44. The zero-order valence-electron chi connectivity index (χ0n) is 10.5. The molecule has 20 heavy (non-hydrogen) atoms. The monoisotopic (exact) mass is 323 g/mol. The fourth-order valence-corrected chi connectivity index (χ4v) is 2.42. The zero-order chi connectivity index (χ0) is 13.9. The van der Waals surface area contributed by atoms with Gasteiger partial charge in [-0.2, -0.15) is 5.26 Å². The van der Waals surface area contributed by atoms with Crippen LogP contribution in [-0.2, 0) is 0 Å². The molecule has 1 N–H and O–H groups in total. The van der Waals surface area contributed by atoms with Crippen molar-refractivity contribution in [3.8, 4) is 6.07 Å². The van der Waals surface area contributed by atoms with Crippen molar-refractivity contribution in [2.75, 3.05) is 5.32 Å². The third-order valence-corrected chi connectivity index (χ3v) is 3.43. The fourth-order valence-electron chi connectivity index (χ4n) is 2.07. The van der Waals surface area contributed by atoms with Crippen LogP contribution < -0.4 is 5.32 Å². The number of nitriles is 1. The Morgan fingerprint density at radius 2 is 1.85 bits per heavy atom. The summed E-state index contributed by atoms with van der Waals surface area (Å²) in [7, 11) is 0. The Hall–Kier alpha value is -2.38. The Labute approximate surface area is 125 Å². The number of benzene rings is 2. The highest BCUT2D eigenvalue weighted by Gasteiger charge is 2.05. The van der Waals surface area contributed by atoms with Crippen molar-refractivity contribution in [1.29, 1.82) is 5.26 Å². The lowest BCUT2D eigenvalue weighted by molar-refractivity contribution is 1.38. The topological polar surface area (TPSA) is 48.7 Å². The van der Waals surface area contributed by atoms with Crippen LogP contribution in [0, 0.1) is 11.3 Å². The quantitative estimate of drug-likeness (QED) is 0.749. The van der Waals surface area contributed by atoms with E-state index in [1.165, 1.54) is 0 Å². The van der Waals surface area contributed by atoms with Crippen molar-refractivity contribution in [3.63, 3.8) is 0 Å². The number of anilines is 2. The predicted molar refractivity (Wildman–Crippen MR) is 83.9 cm³/mol. The number of halogens is 1. The molecule has 0 saturated carbocycles. The number of rotatable bonds is 2. The van der Waals surface area contributed by atoms with Gasteiger partial charge in [0.15, 0.2) is 0 Å². The minimum atomic E-state index is 0.613. The molecule has 1 aromatic heterocycles. The summed E-state index contributed by atoms with van der Waals surface area (Å²) in [5, 5.41) is 13.5. The molecule has 0 saturated heterocycles. The molecule has 3 rings (SSSR count). The number of aromatic nitrogens is 1. The number of nitrogens with zero attached hydrogens (tertiary/aromatic N) is 2. The molecule has 0 radical (unpaired) electrons. The first-order valence-electron chi connectivity index (χ1n) is 6.08. The molecule has 96 valence electrons. The fraction of sp³-hybridized carbons (Fsp3) is 0. The highest BCUT2D eigenvalue weighted by atomic mass is 79.9. The minimum absolute atomic E-state index is 0.613. The second-order valence-corrected chi connectivity index (χ2v) is 5.23. The maximum atomic E-state index is 9.13. The Balaban J connectivity index is 2.10. The summed E-state index contributed by atoms with van der Waals surface area (Å²) in [6.45, 7) is 0. The first-order valence-corrected chi connectivity index (χ1v) is 6.87. The Bertz CT molecular complexity index is 821. The van der Waals surface area contributed by atoms with Gasteiger partial charge in [0.25, 0.3) is 0 Å². The van der Waals surface area contributed by atoms with Gasteiger partial charge < -0.3 is 5.32 Å². The van der Waals surface area contributed by atoms with Gasteiger partial charge in [-0.25, -0.2) is 0 Å². The summed E-state index contributed by atoms with van der Waals surface area (Å²) < 4.78 is 0.944. The molecule has 0 atom stereocenters. The molecule has 0 unspecified atom stereocenters. The van der Waals surface area contributed by atoms with Crippen LogP contribution in [0.15, 0.2) is 59.2 Å². The van der Waals surface area contributed by atoms with E-state index in [2.05, 4.69) is 32.3 Å². The van der Waals surface area contributed by atoms with E-state index in [-0.39, 0.29) is 0 Å². The molecule has 3 aromatic rings. The first kappa shape index (κ1) is 12.6. The van der Waals surface area contributed by atoms with Crippen molar-refractivity contribution >= 4 is 38.2 Å². The van der Waals surface area contributed by atoms with E-state index >= 15 is 0 Å². The lowest BCUT2D eigenvalue weighted by Crippen LogP contribution is -1.95. The second kappa shape index (κ2) is 5.32. The van der Waals surface area contributed by atoms with Crippen LogP contribution in [0.3, 0.4) is 0 Å². The van der Waals surface area contributed by atoms with E-state index in [9.17, 15) is 0 Å². The number of nitrogens with one attached hydrogen (secondary N) is 1. The largest absolute Gasteiger partial charge is 0.353 e. The summed E-state index contributed by atoms with van der Waals surface area (Å²) in [6, 6.07) is 17.6. The average Bonchev–Trinajstić information content (AvgIpc) is 2.47. The first-order chi connectivity index (χ1) is 9.78. The molecule has 1 heterocycles. The van der Waals surface area contributed by atoms with E-state index in [4.69, 9.17) is 5.26 Å². The van der Waals surface area contributed by atoms with Gasteiger partial charge >= 0.3 is 0 Å². The van der Waals surface area contributed by atoms with Crippen molar-refractivity contribution in [1.82, 2.24) is 4.98 Å². The molecule has 0 aliphatic heterocycles. The van der Waals surface area contributed by atoms with Crippen LogP contribution in [0.25, 0.3) is 10.9 Å². The SMILES string of the molecule is N#Cc1ccccc1Nc1cccc2cc(Br)cnc12. The van der Waals surface area contributed by atoms with Crippen molar-refractivity contribution in [2.24, 2.45) is 0 Å². The van der Waals surface area contributed by atoms with Crippen LogP contribution in [0.5, 0.6) is 0 Å². The molecular weight excluding hydrogens is 314 g/mol. The third-order valence-electron chi connectivity index (χ3n) is 2.99. The van der Waals surface area contributed by atoms with Gasteiger partial charge in [0, 0.05) is 16.1 Å². The Morgan fingerprint density at radius 3 is 2.70 bits per heavy atom. The lowest BCUT2D eigenvalue weighted by atomic mass is 10.1. The summed E-state index contributed by atoms with van der Waals surface area (Å²) in [5.41, 5.74) is 3.16. The molecule has 0 fully saturated rings. The zero-order valence-corrected chi connectivity index (χ0v) is 12.1. The molecule has 0 amide bonds. The summed E-state index contributed by atoms with van der Waals surface area (Å²) in [5.74, 6) is 0. The number of hydrogen-bond acceptors (Lipinski definition) is 3. The normalized spacial score (nSPS) is 10.2. The van der Waals surface area contributed by atoms with E-state index < -0.39 is 0 Å². The smallest absolute Gasteiger partial charge is 0.101 e. The lowest BCUT2D eigenvalue weighted by Gasteiger charge is -2.10. The third kappa shape index (κ3) is 2.36. The number of para-hydroxylation sites is 2. The van der Waals surface area contributed by atoms with Crippen LogP contribution in [0.4, 0.5) is 11.4 Å². The van der Waals surface area contributed by atoms with Gasteiger partial charge in [0.1, 0.15) is 6.07 Å². The van der Waals surface area contributed by atoms with Crippen LogP contribution in [0.2, 0.25) is 0 Å². The van der Waals surface area contributed by atoms with Crippen LogP contribution in [-0.4, -0.2) is 4.98 Å². The van der Waals surface area contributed by atoms with Gasteiger partial charge in [0.2, 0.25) is 0 Å². The van der Waals surface area contributed by atoms with Crippen LogP contribution >= 0.6 is 15.9 Å². The maximum Gasteiger partial charge on any atom is 0.101 e. The van der Waals surface area contributed by atoms with Crippen molar-refractivity contribution < 1.29 is 0 Å².